The van der Waals surface area contributed by atoms with E-state index in [2.05, 4.69) is 4.90 Å². The van der Waals surface area contributed by atoms with E-state index in [1.165, 1.54) is 12.1 Å². The van der Waals surface area contributed by atoms with Gasteiger partial charge in [-0.15, -0.1) is 0 Å². The largest absolute Gasteiger partial charge is 0.393 e. The van der Waals surface area contributed by atoms with Crippen LogP contribution in [0.4, 0.5) is 4.39 Å². The first kappa shape index (κ1) is 14.1. The molecular weight excluding hydrogens is 217 g/mol. The van der Waals surface area contributed by atoms with Crippen LogP contribution < -0.4 is 0 Å². The average molecular weight is 239 g/mol. The third kappa shape index (κ3) is 4.44. The van der Waals surface area contributed by atoms with Crippen molar-refractivity contribution >= 4 is 0 Å². The number of aliphatic hydroxyl groups is 1. The Balaban J connectivity index is 2.55. The molecule has 1 unspecified atom stereocenters. The zero-order valence-corrected chi connectivity index (χ0v) is 11.1. The highest BCUT2D eigenvalue weighted by atomic mass is 19.1. The van der Waals surface area contributed by atoms with Crippen molar-refractivity contribution in [2.24, 2.45) is 5.41 Å². The third-order valence-electron chi connectivity index (χ3n) is 3.17. The van der Waals surface area contributed by atoms with Gasteiger partial charge in [-0.2, -0.15) is 0 Å². The zero-order valence-electron chi connectivity index (χ0n) is 11.1. The molecule has 1 N–H and O–H groups in total. The van der Waals surface area contributed by atoms with Gasteiger partial charge in [0.25, 0.3) is 0 Å². The van der Waals surface area contributed by atoms with Gasteiger partial charge < -0.3 is 10.0 Å². The van der Waals surface area contributed by atoms with E-state index in [0.29, 0.717) is 0 Å². The molecule has 2 nitrogen and oxygen atoms in total. The molecule has 0 radical (unpaired) electrons. The van der Waals surface area contributed by atoms with Crippen LogP contribution in [0.5, 0.6) is 0 Å². The molecule has 0 aliphatic rings. The first-order valence-corrected chi connectivity index (χ1v) is 5.92. The van der Waals surface area contributed by atoms with E-state index in [1.54, 1.807) is 12.1 Å². The topological polar surface area (TPSA) is 23.5 Å². The normalized spacial score (nSPS) is 14.1. The molecule has 1 aromatic rings. The van der Waals surface area contributed by atoms with E-state index in [4.69, 9.17) is 0 Å². The van der Waals surface area contributed by atoms with Crippen molar-refractivity contribution in [2.45, 2.75) is 33.4 Å². The summed E-state index contributed by atoms with van der Waals surface area (Å²) < 4.78 is 12.8. The van der Waals surface area contributed by atoms with Crippen molar-refractivity contribution in [1.29, 1.82) is 0 Å². The molecule has 0 amide bonds. The minimum absolute atomic E-state index is 0.144. The lowest BCUT2D eigenvalue weighted by molar-refractivity contribution is 0.0392. The molecule has 17 heavy (non-hydrogen) atoms. The molecule has 0 spiro atoms. The monoisotopic (exact) mass is 239 g/mol. The fourth-order valence-corrected chi connectivity index (χ4v) is 1.79. The first-order chi connectivity index (χ1) is 7.81. The summed E-state index contributed by atoms with van der Waals surface area (Å²) in [4.78, 5) is 2.14. The quantitative estimate of drug-likeness (QED) is 0.854. The SMILES string of the molecule is CC(O)C(C)(C)CN(C)Cc1ccc(F)cc1. The van der Waals surface area contributed by atoms with Gasteiger partial charge in [0.15, 0.2) is 0 Å². The van der Waals surface area contributed by atoms with Crippen LogP contribution in [0.3, 0.4) is 0 Å². The summed E-state index contributed by atoms with van der Waals surface area (Å²) in [5.74, 6) is -0.208. The summed E-state index contributed by atoms with van der Waals surface area (Å²) in [5, 5.41) is 9.66. The average Bonchev–Trinajstić information content (AvgIpc) is 2.20. The Kier molecular flexibility index (Phi) is 4.66. The van der Waals surface area contributed by atoms with Crippen LogP contribution in [0.15, 0.2) is 24.3 Å². The minimum atomic E-state index is -0.349. The number of aliphatic hydroxyl groups excluding tert-OH is 1. The molecule has 1 aromatic carbocycles. The number of nitrogens with zero attached hydrogens (tertiary/aromatic N) is 1. The summed E-state index contributed by atoms with van der Waals surface area (Å²) in [7, 11) is 2.01. The maximum absolute atomic E-state index is 12.8. The molecule has 0 saturated carbocycles. The van der Waals surface area contributed by atoms with Crippen molar-refractivity contribution in [3.05, 3.63) is 35.6 Å². The number of rotatable bonds is 5. The summed E-state index contributed by atoms with van der Waals surface area (Å²) in [5.41, 5.74) is 0.935. The van der Waals surface area contributed by atoms with Gasteiger partial charge in [-0.05, 0) is 31.7 Å². The van der Waals surface area contributed by atoms with Crippen LogP contribution in [-0.4, -0.2) is 29.7 Å². The molecule has 3 heteroatoms. The van der Waals surface area contributed by atoms with E-state index in [9.17, 15) is 9.50 Å². The van der Waals surface area contributed by atoms with Crippen molar-refractivity contribution < 1.29 is 9.50 Å². The van der Waals surface area contributed by atoms with Gasteiger partial charge in [0.1, 0.15) is 5.82 Å². The zero-order chi connectivity index (χ0) is 13.1. The predicted molar refractivity (Wildman–Crippen MR) is 68.2 cm³/mol. The van der Waals surface area contributed by atoms with Crippen molar-refractivity contribution in [3.63, 3.8) is 0 Å². The molecule has 0 fully saturated rings. The number of benzene rings is 1. The highest BCUT2D eigenvalue weighted by Gasteiger charge is 2.25. The van der Waals surface area contributed by atoms with E-state index in [0.717, 1.165) is 18.7 Å². The molecule has 0 saturated heterocycles. The lowest BCUT2D eigenvalue weighted by Gasteiger charge is -2.32. The fraction of sp³-hybridized carbons (Fsp3) is 0.571. The predicted octanol–water partition coefficient (Wildman–Crippen LogP) is 2.66. The Hall–Kier alpha value is -0.930. The van der Waals surface area contributed by atoms with Gasteiger partial charge >= 0.3 is 0 Å². The Morgan fingerprint density at radius 2 is 1.82 bits per heavy atom. The molecule has 1 rings (SSSR count). The summed E-state index contributed by atoms with van der Waals surface area (Å²) >= 11 is 0. The third-order valence-corrected chi connectivity index (χ3v) is 3.17. The molecule has 96 valence electrons. The molecule has 1 atom stereocenters. The van der Waals surface area contributed by atoms with Crippen molar-refractivity contribution in [2.75, 3.05) is 13.6 Å². The van der Waals surface area contributed by atoms with Gasteiger partial charge in [0.2, 0.25) is 0 Å². The van der Waals surface area contributed by atoms with Crippen LogP contribution >= 0.6 is 0 Å². The fourth-order valence-electron chi connectivity index (χ4n) is 1.79. The smallest absolute Gasteiger partial charge is 0.123 e. The maximum atomic E-state index is 12.8. The molecular formula is C14H22FNO. The van der Waals surface area contributed by atoms with Crippen LogP contribution in [0, 0.1) is 11.2 Å². The van der Waals surface area contributed by atoms with E-state index >= 15 is 0 Å². The Morgan fingerprint density at radius 3 is 2.29 bits per heavy atom. The highest BCUT2D eigenvalue weighted by molar-refractivity contribution is 5.15. The second-order valence-electron chi connectivity index (χ2n) is 5.46. The van der Waals surface area contributed by atoms with Gasteiger partial charge in [0, 0.05) is 18.5 Å². The first-order valence-electron chi connectivity index (χ1n) is 5.92. The second kappa shape index (κ2) is 5.61. The van der Waals surface area contributed by atoms with Gasteiger partial charge in [-0.25, -0.2) is 4.39 Å². The number of halogens is 1. The summed E-state index contributed by atoms with van der Waals surface area (Å²) in [6, 6.07) is 6.54. The summed E-state index contributed by atoms with van der Waals surface area (Å²) in [6.45, 7) is 7.45. The van der Waals surface area contributed by atoms with Gasteiger partial charge in [-0.1, -0.05) is 26.0 Å². The van der Waals surface area contributed by atoms with E-state index < -0.39 is 0 Å². The Labute approximate surface area is 103 Å². The van der Waals surface area contributed by atoms with Gasteiger partial charge in [0.05, 0.1) is 6.10 Å². The number of hydrogen-bond donors (Lipinski definition) is 1. The van der Waals surface area contributed by atoms with Crippen LogP contribution in [0.2, 0.25) is 0 Å². The van der Waals surface area contributed by atoms with Crippen molar-refractivity contribution in [3.8, 4) is 0 Å². The van der Waals surface area contributed by atoms with E-state index in [1.807, 2.05) is 27.8 Å². The lowest BCUT2D eigenvalue weighted by atomic mass is 9.87. The standard InChI is InChI=1S/C14H22FNO/c1-11(17)14(2,3)10-16(4)9-12-5-7-13(15)8-6-12/h5-8,11,17H,9-10H2,1-4H3. The van der Waals surface area contributed by atoms with E-state index in [-0.39, 0.29) is 17.3 Å². The highest BCUT2D eigenvalue weighted by Crippen LogP contribution is 2.22. The van der Waals surface area contributed by atoms with Crippen molar-refractivity contribution in [1.82, 2.24) is 4.90 Å². The minimum Gasteiger partial charge on any atom is -0.393 e. The molecule has 0 aromatic heterocycles. The van der Waals surface area contributed by atoms with Crippen LogP contribution in [-0.2, 0) is 6.54 Å². The summed E-state index contributed by atoms with van der Waals surface area (Å²) in [6.07, 6.45) is -0.349. The second-order valence-corrected chi connectivity index (χ2v) is 5.46. The maximum Gasteiger partial charge on any atom is 0.123 e. The van der Waals surface area contributed by atoms with Crippen LogP contribution in [0.1, 0.15) is 26.3 Å². The Bertz CT molecular complexity index is 346. The Morgan fingerprint density at radius 1 is 1.29 bits per heavy atom. The molecule has 0 heterocycles. The number of hydrogen-bond acceptors (Lipinski definition) is 2. The molecule has 0 aliphatic heterocycles. The van der Waals surface area contributed by atoms with Crippen LogP contribution in [0.25, 0.3) is 0 Å². The lowest BCUT2D eigenvalue weighted by Crippen LogP contribution is -2.38. The molecule has 0 aliphatic carbocycles. The molecule has 0 bridgehead atoms. The van der Waals surface area contributed by atoms with Gasteiger partial charge in [-0.3, -0.25) is 0 Å².